The smallest absolute Gasteiger partial charge is 0.303 e. The van der Waals surface area contributed by atoms with Crippen molar-refractivity contribution in [2.24, 2.45) is 5.73 Å². The molecule has 1 aromatic rings. The van der Waals surface area contributed by atoms with Crippen molar-refractivity contribution >= 4 is 29.2 Å². The molecule has 10 heteroatoms. The summed E-state index contributed by atoms with van der Waals surface area (Å²) in [5.41, 5.74) is 5.29. The Morgan fingerprint density at radius 1 is 1.26 bits per heavy atom. The fourth-order valence-corrected chi connectivity index (χ4v) is 1.69. The highest BCUT2D eigenvalue weighted by Gasteiger charge is 2.21. The second-order valence-electron chi connectivity index (χ2n) is 4.55. The molecule has 0 aliphatic carbocycles. The van der Waals surface area contributed by atoms with Crippen LogP contribution in [0.25, 0.3) is 0 Å². The number of aliphatic carboxylic acids is 1. The van der Waals surface area contributed by atoms with E-state index in [0.717, 1.165) is 0 Å². The van der Waals surface area contributed by atoms with Crippen LogP contribution in [0, 0.1) is 10.1 Å². The molecule has 0 heterocycles. The lowest BCUT2D eigenvalue weighted by molar-refractivity contribution is -0.384. The highest BCUT2D eigenvalue weighted by molar-refractivity contribution is 5.97. The van der Waals surface area contributed by atoms with Gasteiger partial charge in [0.2, 0.25) is 11.8 Å². The van der Waals surface area contributed by atoms with Crippen LogP contribution >= 0.6 is 0 Å². The van der Waals surface area contributed by atoms with E-state index in [9.17, 15) is 24.5 Å². The number of nitrogens with one attached hydrogen (secondary N) is 2. The van der Waals surface area contributed by atoms with E-state index >= 15 is 0 Å². The lowest BCUT2D eigenvalue weighted by Gasteiger charge is -2.17. The number of carboxylic acid groups (broad SMARTS) is 1. The third-order valence-electron chi connectivity index (χ3n) is 2.83. The number of amides is 2. The van der Waals surface area contributed by atoms with Gasteiger partial charge in [-0.1, -0.05) is 0 Å². The van der Waals surface area contributed by atoms with Crippen LogP contribution in [0.1, 0.15) is 12.8 Å². The SMILES string of the molecule is NCC(=O)N[C@@H](CCC(=O)O)C(=O)Nc1ccc([N+](=O)[O-])cc1. The Bertz CT molecular complexity index is 601. The molecule has 0 saturated heterocycles. The molecule has 5 N–H and O–H groups in total. The summed E-state index contributed by atoms with van der Waals surface area (Å²) in [6, 6.07) is 4.00. The summed E-state index contributed by atoms with van der Waals surface area (Å²) in [5, 5.41) is 24.0. The van der Waals surface area contributed by atoms with Gasteiger partial charge in [0, 0.05) is 24.2 Å². The van der Waals surface area contributed by atoms with Crippen molar-refractivity contribution in [3.63, 3.8) is 0 Å². The largest absolute Gasteiger partial charge is 0.481 e. The fraction of sp³-hybridized carbons (Fsp3) is 0.308. The van der Waals surface area contributed by atoms with Gasteiger partial charge < -0.3 is 21.5 Å². The van der Waals surface area contributed by atoms with Gasteiger partial charge >= 0.3 is 5.97 Å². The molecule has 1 rings (SSSR count). The molecular weight excluding hydrogens is 308 g/mol. The number of carboxylic acids is 1. The summed E-state index contributed by atoms with van der Waals surface area (Å²) in [6.45, 7) is -0.339. The van der Waals surface area contributed by atoms with Gasteiger partial charge in [0.1, 0.15) is 6.04 Å². The second-order valence-corrected chi connectivity index (χ2v) is 4.55. The third kappa shape index (κ3) is 6.09. The number of nitro groups is 1. The van der Waals surface area contributed by atoms with Crippen molar-refractivity contribution in [2.45, 2.75) is 18.9 Å². The summed E-state index contributed by atoms with van der Waals surface area (Å²) in [4.78, 5) is 44.0. The number of benzene rings is 1. The highest BCUT2D eigenvalue weighted by atomic mass is 16.6. The first-order valence-electron chi connectivity index (χ1n) is 6.60. The normalized spacial score (nSPS) is 11.3. The summed E-state index contributed by atoms with van der Waals surface area (Å²) in [6.07, 6.45) is -0.427. The van der Waals surface area contributed by atoms with Crippen LogP contribution in [-0.2, 0) is 14.4 Å². The maximum Gasteiger partial charge on any atom is 0.303 e. The minimum absolute atomic E-state index is 0.111. The van der Waals surface area contributed by atoms with Crippen molar-refractivity contribution in [1.82, 2.24) is 5.32 Å². The monoisotopic (exact) mass is 324 g/mol. The predicted molar refractivity (Wildman–Crippen MR) is 79.6 cm³/mol. The van der Waals surface area contributed by atoms with Gasteiger partial charge in [0.15, 0.2) is 0 Å². The lowest BCUT2D eigenvalue weighted by Crippen LogP contribution is -2.46. The zero-order valence-electron chi connectivity index (χ0n) is 12.0. The molecule has 0 unspecified atom stereocenters. The number of hydrogen-bond donors (Lipinski definition) is 4. The quantitative estimate of drug-likeness (QED) is 0.381. The van der Waals surface area contributed by atoms with Crippen LogP contribution in [0.15, 0.2) is 24.3 Å². The van der Waals surface area contributed by atoms with E-state index in [0.29, 0.717) is 0 Å². The van der Waals surface area contributed by atoms with Gasteiger partial charge in [-0.3, -0.25) is 24.5 Å². The Morgan fingerprint density at radius 2 is 1.87 bits per heavy atom. The first-order valence-corrected chi connectivity index (χ1v) is 6.60. The van der Waals surface area contributed by atoms with E-state index in [2.05, 4.69) is 10.6 Å². The van der Waals surface area contributed by atoms with E-state index < -0.39 is 28.7 Å². The van der Waals surface area contributed by atoms with E-state index in [-0.39, 0.29) is 30.8 Å². The van der Waals surface area contributed by atoms with Crippen molar-refractivity contribution < 1.29 is 24.4 Å². The molecule has 0 saturated carbocycles. The topological polar surface area (TPSA) is 165 Å². The zero-order valence-corrected chi connectivity index (χ0v) is 12.0. The molecule has 1 atom stereocenters. The van der Waals surface area contributed by atoms with Crippen LogP contribution in [0.5, 0.6) is 0 Å². The zero-order chi connectivity index (χ0) is 17.4. The molecule has 10 nitrogen and oxygen atoms in total. The Labute approximate surface area is 130 Å². The Morgan fingerprint density at radius 3 is 2.35 bits per heavy atom. The number of hydrogen-bond acceptors (Lipinski definition) is 6. The van der Waals surface area contributed by atoms with E-state index in [1.165, 1.54) is 24.3 Å². The maximum absolute atomic E-state index is 12.1. The Hall–Kier alpha value is -3.01. The molecule has 0 bridgehead atoms. The maximum atomic E-state index is 12.1. The van der Waals surface area contributed by atoms with Crippen LogP contribution in [-0.4, -0.2) is 40.4 Å². The lowest BCUT2D eigenvalue weighted by atomic mass is 10.1. The van der Waals surface area contributed by atoms with Crippen molar-refractivity contribution in [1.29, 1.82) is 0 Å². The first-order chi connectivity index (χ1) is 10.8. The van der Waals surface area contributed by atoms with Gasteiger partial charge in [-0.2, -0.15) is 0 Å². The summed E-state index contributed by atoms with van der Waals surface area (Å²) in [5.74, 6) is -2.35. The number of carbonyl (C=O) groups is 3. The second kappa shape index (κ2) is 8.44. The first kappa shape index (κ1) is 18.0. The number of non-ortho nitro benzene ring substituents is 1. The molecule has 124 valence electrons. The Balaban J connectivity index is 2.76. The van der Waals surface area contributed by atoms with Crippen molar-refractivity contribution in [3.8, 4) is 0 Å². The van der Waals surface area contributed by atoms with Crippen LogP contribution in [0.4, 0.5) is 11.4 Å². The molecular formula is C13H16N4O6. The molecule has 0 aliphatic heterocycles. The van der Waals surface area contributed by atoms with E-state index in [4.69, 9.17) is 10.8 Å². The highest BCUT2D eigenvalue weighted by Crippen LogP contribution is 2.15. The molecule has 1 aromatic carbocycles. The van der Waals surface area contributed by atoms with Gasteiger partial charge in [-0.25, -0.2) is 0 Å². The molecule has 2 amide bonds. The standard InChI is InChI=1S/C13H16N4O6/c14-7-11(18)16-10(5-6-12(19)20)13(21)15-8-1-3-9(4-2-8)17(22)23/h1-4,10H,5-7,14H2,(H,15,21)(H,16,18)(H,19,20)/t10-/m0/s1. The number of nitrogens with two attached hydrogens (primary N) is 1. The molecule has 0 spiro atoms. The number of nitrogens with zero attached hydrogens (tertiary/aromatic N) is 1. The summed E-state index contributed by atoms with van der Waals surface area (Å²) >= 11 is 0. The van der Waals surface area contributed by atoms with E-state index in [1.807, 2.05) is 0 Å². The van der Waals surface area contributed by atoms with Crippen LogP contribution in [0.3, 0.4) is 0 Å². The van der Waals surface area contributed by atoms with Crippen molar-refractivity contribution in [3.05, 3.63) is 34.4 Å². The minimum atomic E-state index is -1.11. The van der Waals surface area contributed by atoms with E-state index in [1.54, 1.807) is 0 Å². The fourth-order valence-electron chi connectivity index (χ4n) is 1.69. The Kier molecular flexibility index (Phi) is 6.62. The summed E-state index contributed by atoms with van der Waals surface area (Å²) < 4.78 is 0. The number of nitro benzene ring substituents is 1. The number of anilines is 1. The molecule has 0 aliphatic rings. The van der Waals surface area contributed by atoms with Gasteiger partial charge in [0.25, 0.3) is 5.69 Å². The van der Waals surface area contributed by atoms with Crippen LogP contribution < -0.4 is 16.4 Å². The predicted octanol–water partition coefficient (Wildman–Crippen LogP) is -0.158. The van der Waals surface area contributed by atoms with Crippen molar-refractivity contribution in [2.75, 3.05) is 11.9 Å². The van der Waals surface area contributed by atoms with Crippen LogP contribution in [0.2, 0.25) is 0 Å². The summed E-state index contributed by atoms with van der Waals surface area (Å²) in [7, 11) is 0. The molecule has 23 heavy (non-hydrogen) atoms. The number of carbonyl (C=O) groups excluding carboxylic acids is 2. The molecule has 0 aromatic heterocycles. The van der Waals surface area contributed by atoms with Gasteiger partial charge in [-0.15, -0.1) is 0 Å². The minimum Gasteiger partial charge on any atom is -0.481 e. The van der Waals surface area contributed by atoms with Gasteiger partial charge in [-0.05, 0) is 18.6 Å². The average molecular weight is 324 g/mol. The molecule has 0 radical (unpaired) electrons. The third-order valence-corrected chi connectivity index (χ3v) is 2.83. The number of rotatable bonds is 8. The van der Waals surface area contributed by atoms with Gasteiger partial charge in [0.05, 0.1) is 11.5 Å². The average Bonchev–Trinajstić information content (AvgIpc) is 2.51. The molecule has 0 fully saturated rings.